The van der Waals surface area contributed by atoms with Gasteiger partial charge in [0, 0.05) is 51.6 Å². The molecule has 16 heteroatoms. The molecule has 0 aliphatic heterocycles. The predicted molar refractivity (Wildman–Crippen MR) is 353 cm³/mol. The SMILES string of the molecule is Bc1c(B)c(B)c(-c2cccc(-c3c(B)c(B)c(B)c(B)c3B)c2Nc2ccccc2Nc2cccc(Oc3ccc4c(c3)n(-c3cc(C(C)(C)C)ccn3)c3c5ccccc5n(-c5ccccc5)c43)c2)c(B)c1B. The van der Waals surface area contributed by atoms with Crippen molar-refractivity contribution >= 4 is 189 Å². The third-order valence-corrected chi connectivity index (χ3v) is 16.5. The van der Waals surface area contributed by atoms with Crippen LogP contribution in [-0.2, 0) is 5.41 Å². The minimum Gasteiger partial charge on any atom is -0.457 e. The van der Waals surface area contributed by atoms with Crippen molar-refractivity contribution in [3.05, 3.63) is 163 Å². The Bertz CT molecular complexity index is 3960. The largest absolute Gasteiger partial charge is 0.457 e. The molecule has 0 unspecified atom stereocenters. The van der Waals surface area contributed by atoms with E-state index < -0.39 is 0 Å². The van der Waals surface area contributed by atoms with E-state index in [4.69, 9.17) is 9.72 Å². The molecule has 0 bridgehead atoms. The van der Waals surface area contributed by atoms with E-state index >= 15 is 0 Å². The van der Waals surface area contributed by atoms with E-state index in [-0.39, 0.29) is 5.41 Å². The van der Waals surface area contributed by atoms with Gasteiger partial charge in [-0.2, -0.15) is 0 Å². The van der Waals surface area contributed by atoms with Gasteiger partial charge in [-0.3, -0.25) is 4.57 Å². The van der Waals surface area contributed by atoms with Crippen LogP contribution in [0, 0.1) is 0 Å². The first-order valence-corrected chi connectivity index (χ1v) is 26.3. The van der Waals surface area contributed by atoms with E-state index in [2.05, 4.69) is 265 Å². The zero-order chi connectivity index (χ0) is 52.6. The van der Waals surface area contributed by atoms with Gasteiger partial charge in [-0.05, 0) is 88.8 Å². The van der Waals surface area contributed by atoms with Crippen molar-refractivity contribution in [2.75, 3.05) is 10.6 Å². The van der Waals surface area contributed by atoms with Crippen molar-refractivity contribution in [2.24, 2.45) is 0 Å². The third kappa shape index (κ3) is 8.53. The number of para-hydroxylation sites is 5. The summed E-state index contributed by atoms with van der Waals surface area (Å²) in [5, 5.41) is 10.1. The Morgan fingerprint density at radius 2 is 0.960 bits per heavy atom. The molecule has 3 heterocycles. The number of hydrogen-bond acceptors (Lipinski definition) is 4. The normalized spacial score (nSPS) is 11.7. The number of aromatic nitrogens is 3. The fourth-order valence-electron chi connectivity index (χ4n) is 11.5. The second-order valence-electron chi connectivity index (χ2n) is 21.7. The molecule has 6 nitrogen and oxygen atoms in total. The number of pyridine rings is 1. The molecule has 75 heavy (non-hydrogen) atoms. The molecule has 0 atom stereocenters. The summed E-state index contributed by atoms with van der Waals surface area (Å²) in [7, 11) is 22.7. The summed E-state index contributed by atoms with van der Waals surface area (Å²) in [6.45, 7) is 6.75. The second kappa shape index (κ2) is 19.2. The summed E-state index contributed by atoms with van der Waals surface area (Å²) in [5.74, 6) is 2.32. The Morgan fingerprint density at radius 3 is 1.59 bits per heavy atom. The molecule has 0 aliphatic rings. The summed E-state index contributed by atoms with van der Waals surface area (Å²) in [6.07, 6.45) is 1.94. The lowest BCUT2D eigenvalue weighted by Crippen LogP contribution is -2.55. The zero-order valence-electron chi connectivity index (χ0n) is 45.8. The highest BCUT2D eigenvalue weighted by Crippen LogP contribution is 2.43. The van der Waals surface area contributed by atoms with Crippen molar-refractivity contribution < 1.29 is 4.74 Å². The molecule has 0 amide bonds. The van der Waals surface area contributed by atoms with E-state index in [1.54, 1.807) is 0 Å². The molecule has 0 saturated heterocycles. The number of nitrogens with one attached hydrogen (secondary N) is 2. The Hall–Kier alpha value is -7.70. The number of anilines is 4. The Balaban J connectivity index is 1.00. The molecule has 11 aromatic rings. The predicted octanol–water partition coefficient (Wildman–Crippen LogP) is -1.38. The van der Waals surface area contributed by atoms with E-state index in [1.165, 1.54) is 82.4 Å². The highest BCUT2D eigenvalue weighted by molar-refractivity contribution is 6.70. The van der Waals surface area contributed by atoms with E-state index in [0.717, 1.165) is 78.6 Å². The first-order chi connectivity index (χ1) is 36.0. The molecule has 0 saturated carbocycles. The van der Waals surface area contributed by atoms with Crippen LogP contribution in [-0.4, -0.2) is 92.6 Å². The maximum Gasteiger partial charge on any atom is 0.139 e. The van der Waals surface area contributed by atoms with Gasteiger partial charge >= 0.3 is 0 Å². The maximum atomic E-state index is 6.87. The van der Waals surface area contributed by atoms with Crippen LogP contribution in [0.3, 0.4) is 0 Å². The second-order valence-corrected chi connectivity index (χ2v) is 21.7. The highest BCUT2D eigenvalue weighted by atomic mass is 16.5. The summed E-state index contributed by atoms with van der Waals surface area (Å²) >= 11 is 0. The van der Waals surface area contributed by atoms with Gasteiger partial charge < -0.3 is 19.9 Å². The molecule has 0 aliphatic carbocycles. The molecule has 0 radical (unpaired) electrons. The van der Waals surface area contributed by atoms with Gasteiger partial charge in [0.2, 0.25) is 0 Å². The molecule has 11 rings (SSSR count). The fourth-order valence-corrected chi connectivity index (χ4v) is 11.5. The molecule has 2 N–H and O–H groups in total. The van der Waals surface area contributed by atoms with Gasteiger partial charge in [0.1, 0.15) is 95.8 Å². The third-order valence-electron chi connectivity index (χ3n) is 16.5. The van der Waals surface area contributed by atoms with Crippen molar-refractivity contribution in [1.82, 2.24) is 14.1 Å². The van der Waals surface area contributed by atoms with Crippen LogP contribution in [0.1, 0.15) is 26.3 Å². The smallest absolute Gasteiger partial charge is 0.139 e. The van der Waals surface area contributed by atoms with Crippen molar-refractivity contribution in [3.8, 4) is 45.3 Å². The van der Waals surface area contributed by atoms with Crippen LogP contribution < -0.4 is 70.0 Å². The summed E-state index contributed by atoms with van der Waals surface area (Å²) in [4.78, 5) is 5.06. The standard InChI is InChI=1S/C59H57B10N5O/c1-59(2,3)30-25-26-70-43(27-30)74-42-29-34(23-24-36(42)57-58(74)35-17-7-10-22-41(35)73(57)32-14-5-4-6-15-32)75-33-16-11-13-31(28-33)71-39-20-8-9-21-40(39)72-56-37(44-46(60)50(64)54(68)51(65)47(44)61)18-12-19-38(56)45-48(62)52(66)55(69)53(67)49(45)63/h4-29,71-72H,60-69H2,1-3H3. The number of rotatable bonds is 10. The molecule has 0 fully saturated rings. The lowest BCUT2D eigenvalue weighted by atomic mass is 9.58. The minimum atomic E-state index is -0.0642. The van der Waals surface area contributed by atoms with Crippen LogP contribution in [0.5, 0.6) is 11.5 Å². The molecular weight excluding hydrogens is 903 g/mol. The summed E-state index contributed by atoms with van der Waals surface area (Å²) < 4.78 is 11.6. The molecular formula is C59H57B10N5O. The number of nitrogens with zero attached hydrogens (tertiary/aromatic N) is 3. The number of ether oxygens (including phenoxy) is 1. The summed E-state index contributed by atoms with van der Waals surface area (Å²) in [6, 6.07) is 53.7. The topological polar surface area (TPSA) is 56.0 Å². The van der Waals surface area contributed by atoms with Gasteiger partial charge in [0.15, 0.2) is 0 Å². The molecule has 3 aromatic heterocycles. The van der Waals surface area contributed by atoms with Crippen molar-refractivity contribution in [3.63, 3.8) is 0 Å². The van der Waals surface area contributed by atoms with E-state index in [0.29, 0.717) is 0 Å². The Morgan fingerprint density at radius 1 is 0.440 bits per heavy atom. The van der Waals surface area contributed by atoms with Crippen LogP contribution in [0.4, 0.5) is 22.7 Å². The van der Waals surface area contributed by atoms with Crippen LogP contribution >= 0.6 is 0 Å². The lowest BCUT2D eigenvalue weighted by Gasteiger charge is -2.27. The fraction of sp³-hybridized carbons (Fsp3) is 0.0678. The summed E-state index contributed by atoms with van der Waals surface area (Å²) in [5.41, 5.74) is 28.8. The van der Waals surface area contributed by atoms with Gasteiger partial charge in [0.25, 0.3) is 0 Å². The first-order valence-electron chi connectivity index (χ1n) is 26.3. The van der Waals surface area contributed by atoms with Crippen molar-refractivity contribution in [2.45, 2.75) is 26.2 Å². The lowest BCUT2D eigenvalue weighted by molar-refractivity contribution is 0.483. The van der Waals surface area contributed by atoms with Gasteiger partial charge in [-0.25, -0.2) is 4.98 Å². The number of fused-ring (bicyclic) bond motifs is 5. The van der Waals surface area contributed by atoms with Crippen LogP contribution in [0.25, 0.3) is 66.6 Å². The first kappa shape index (κ1) is 49.5. The average Bonchev–Trinajstić information content (AvgIpc) is 3.96. The number of benzene rings is 8. The van der Waals surface area contributed by atoms with Gasteiger partial charge in [-0.15, -0.1) is 32.8 Å². The minimum absolute atomic E-state index is 0.0642. The Kier molecular flexibility index (Phi) is 12.7. The van der Waals surface area contributed by atoms with Crippen LogP contribution in [0.15, 0.2) is 158 Å². The molecule has 8 aromatic carbocycles. The van der Waals surface area contributed by atoms with Crippen LogP contribution in [0.2, 0.25) is 0 Å². The molecule has 0 spiro atoms. The van der Waals surface area contributed by atoms with Gasteiger partial charge in [-0.1, -0.05) is 115 Å². The van der Waals surface area contributed by atoms with E-state index in [9.17, 15) is 0 Å². The quantitative estimate of drug-likeness (QED) is 0.166. The van der Waals surface area contributed by atoms with Crippen molar-refractivity contribution in [1.29, 1.82) is 0 Å². The average molecular weight is 960 g/mol. The maximum absolute atomic E-state index is 6.87. The zero-order valence-corrected chi connectivity index (χ0v) is 45.8. The number of hydrogen-bond donors (Lipinski definition) is 2. The monoisotopic (exact) mass is 962 g/mol. The highest BCUT2D eigenvalue weighted by Gasteiger charge is 2.26. The van der Waals surface area contributed by atoms with E-state index in [1.807, 2.05) is 12.3 Å². The molecule has 354 valence electrons. The van der Waals surface area contributed by atoms with Gasteiger partial charge in [0.05, 0.1) is 39.1 Å². The Labute approximate surface area is 450 Å².